The first-order valence-corrected chi connectivity index (χ1v) is 10.5. The maximum Gasteiger partial charge on any atom is 0.262 e. The highest BCUT2D eigenvalue weighted by molar-refractivity contribution is 8.16. The number of ether oxygens (including phenoxy) is 2. The minimum atomic E-state index is -3.15. The fourth-order valence-corrected chi connectivity index (χ4v) is 6.99. The molecule has 0 unspecified atom stereocenters. The molecule has 0 spiro atoms. The van der Waals surface area contributed by atoms with E-state index < -0.39 is 15.7 Å². The van der Waals surface area contributed by atoms with Gasteiger partial charge in [0, 0.05) is 17.0 Å². The van der Waals surface area contributed by atoms with Crippen LogP contribution < -0.4 is 14.4 Å². The molecule has 10 heteroatoms. The van der Waals surface area contributed by atoms with Crippen molar-refractivity contribution in [2.45, 2.75) is 17.7 Å². The number of thioether (sulfide) groups is 1. The van der Waals surface area contributed by atoms with Crippen molar-refractivity contribution < 1.29 is 22.7 Å². The summed E-state index contributed by atoms with van der Waals surface area (Å²) in [5.74, 6) is 0.505. The van der Waals surface area contributed by atoms with E-state index in [2.05, 4.69) is 4.99 Å². The van der Waals surface area contributed by atoms with E-state index in [9.17, 15) is 13.2 Å². The van der Waals surface area contributed by atoms with Crippen LogP contribution in [-0.4, -0.2) is 56.5 Å². The number of carbonyl (C=O) groups excluding carboxylic acids is 1. The van der Waals surface area contributed by atoms with Gasteiger partial charge in [-0.3, -0.25) is 4.79 Å². The molecule has 1 aromatic carbocycles. The van der Waals surface area contributed by atoms with E-state index in [-0.39, 0.29) is 29.2 Å². The zero-order chi connectivity index (χ0) is 18.9. The van der Waals surface area contributed by atoms with Crippen molar-refractivity contribution in [1.29, 1.82) is 5.26 Å². The normalized spacial score (nSPS) is 25.0. The lowest BCUT2D eigenvalue weighted by molar-refractivity contribution is -0.116. The first-order valence-electron chi connectivity index (χ1n) is 7.75. The topological polar surface area (TPSA) is 109 Å². The molecule has 0 saturated carbocycles. The van der Waals surface area contributed by atoms with Crippen molar-refractivity contribution >= 4 is 38.4 Å². The van der Waals surface area contributed by atoms with Crippen LogP contribution in [-0.2, 0) is 14.6 Å². The van der Waals surface area contributed by atoms with Crippen LogP contribution >= 0.6 is 11.8 Å². The quantitative estimate of drug-likeness (QED) is 0.749. The third-order valence-corrected chi connectivity index (χ3v) is 7.37. The van der Waals surface area contributed by atoms with Crippen molar-refractivity contribution in [3.63, 3.8) is 0 Å². The second kappa shape index (κ2) is 7.17. The summed E-state index contributed by atoms with van der Waals surface area (Å²) in [4.78, 5) is 17.6. The Bertz CT molecular complexity index is 907. The number of amides is 1. The average molecular weight is 395 g/mol. The Kier molecular flexibility index (Phi) is 5.11. The Morgan fingerprint density at radius 1 is 1.35 bits per heavy atom. The van der Waals surface area contributed by atoms with Gasteiger partial charge in [0.05, 0.1) is 37.8 Å². The van der Waals surface area contributed by atoms with Gasteiger partial charge in [0.2, 0.25) is 0 Å². The number of amidine groups is 1. The molecule has 3 rings (SSSR count). The number of hydrogen-bond donors (Lipinski definition) is 0. The predicted molar refractivity (Wildman–Crippen MR) is 98.5 cm³/mol. The van der Waals surface area contributed by atoms with Gasteiger partial charge in [-0.1, -0.05) is 11.8 Å². The van der Waals surface area contributed by atoms with Gasteiger partial charge in [-0.25, -0.2) is 8.42 Å². The van der Waals surface area contributed by atoms with Gasteiger partial charge in [-0.2, -0.15) is 10.3 Å². The Balaban J connectivity index is 2.03. The highest BCUT2D eigenvalue weighted by Gasteiger charge is 2.49. The van der Waals surface area contributed by atoms with Gasteiger partial charge in [0.25, 0.3) is 5.91 Å². The van der Waals surface area contributed by atoms with E-state index in [1.54, 1.807) is 29.2 Å². The summed E-state index contributed by atoms with van der Waals surface area (Å²) >= 11 is 1.26. The van der Waals surface area contributed by atoms with E-state index >= 15 is 0 Å². The summed E-state index contributed by atoms with van der Waals surface area (Å²) in [5, 5.41) is 8.88. The fraction of sp³-hybridized carbons (Fsp3) is 0.438. The molecule has 2 aliphatic heterocycles. The van der Waals surface area contributed by atoms with Gasteiger partial charge in [0.1, 0.15) is 6.42 Å². The van der Waals surface area contributed by atoms with Crippen LogP contribution in [0.5, 0.6) is 11.5 Å². The number of nitrogens with zero attached hydrogens (tertiary/aromatic N) is 3. The molecule has 2 fully saturated rings. The van der Waals surface area contributed by atoms with Crippen molar-refractivity contribution in [3.05, 3.63) is 18.2 Å². The Morgan fingerprint density at radius 3 is 2.73 bits per heavy atom. The summed E-state index contributed by atoms with van der Waals surface area (Å²) in [6.07, 6.45) is -0.322. The molecule has 2 atom stereocenters. The van der Waals surface area contributed by atoms with Crippen molar-refractivity contribution in [2.75, 3.05) is 30.6 Å². The summed E-state index contributed by atoms with van der Waals surface area (Å²) in [5.41, 5.74) is 0.656. The third-order valence-electron chi connectivity index (χ3n) is 4.16. The Hall–Kier alpha value is -2.25. The zero-order valence-corrected chi connectivity index (χ0v) is 15.8. The minimum absolute atomic E-state index is 0.00945. The lowest BCUT2D eigenvalue weighted by Gasteiger charge is -2.25. The van der Waals surface area contributed by atoms with E-state index in [0.29, 0.717) is 22.4 Å². The van der Waals surface area contributed by atoms with E-state index in [1.165, 1.54) is 26.0 Å². The molecule has 138 valence electrons. The first kappa shape index (κ1) is 18.5. The number of sulfone groups is 1. The summed E-state index contributed by atoms with van der Waals surface area (Å²) in [6.45, 7) is 0. The van der Waals surface area contributed by atoms with Gasteiger partial charge in [-0.15, -0.1) is 0 Å². The average Bonchev–Trinajstić information content (AvgIpc) is 3.05. The standard InChI is InChI=1S/C16H17N3O5S2/c1-23-12-4-3-10(7-13(12)24-2)19-11-8-26(21,22)9-14(11)25-16(19)18-15(20)5-6-17/h3-4,7,11,14H,5,8-9H2,1-2H3/t11-,14-/m1/s1. The number of nitriles is 1. The number of rotatable bonds is 4. The van der Waals surface area contributed by atoms with Crippen LogP contribution in [0.15, 0.2) is 23.2 Å². The molecular weight excluding hydrogens is 378 g/mol. The second-order valence-corrected chi connectivity index (χ2v) is 9.19. The summed E-state index contributed by atoms with van der Waals surface area (Å²) < 4.78 is 34.6. The monoisotopic (exact) mass is 395 g/mol. The summed E-state index contributed by atoms with van der Waals surface area (Å²) in [7, 11) is -0.115. The molecule has 26 heavy (non-hydrogen) atoms. The van der Waals surface area contributed by atoms with Crippen LogP contribution in [0, 0.1) is 11.3 Å². The minimum Gasteiger partial charge on any atom is -0.493 e. The van der Waals surface area contributed by atoms with Crippen molar-refractivity contribution in [1.82, 2.24) is 0 Å². The van der Waals surface area contributed by atoms with Crippen molar-refractivity contribution in [2.24, 2.45) is 4.99 Å². The molecule has 2 saturated heterocycles. The van der Waals surface area contributed by atoms with Crippen LogP contribution in [0.2, 0.25) is 0 Å². The predicted octanol–water partition coefficient (Wildman–Crippen LogP) is 1.22. The van der Waals surface area contributed by atoms with Crippen LogP contribution in [0.1, 0.15) is 6.42 Å². The van der Waals surface area contributed by atoms with Crippen LogP contribution in [0.3, 0.4) is 0 Å². The van der Waals surface area contributed by atoms with Gasteiger partial charge < -0.3 is 14.4 Å². The number of aliphatic imine (C=N–C) groups is 1. The zero-order valence-electron chi connectivity index (χ0n) is 14.2. The molecule has 0 bridgehead atoms. The molecule has 2 aliphatic rings. The van der Waals surface area contributed by atoms with Gasteiger partial charge in [0.15, 0.2) is 26.5 Å². The van der Waals surface area contributed by atoms with E-state index in [4.69, 9.17) is 14.7 Å². The number of anilines is 1. The lowest BCUT2D eigenvalue weighted by atomic mass is 10.2. The smallest absolute Gasteiger partial charge is 0.262 e. The van der Waals surface area contributed by atoms with Crippen LogP contribution in [0.25, 0.3) is 0 Å². The number of benzene rings is 1. The molecule has 1 amide bonds. The third kappa shape index (κ3) is 3.50. The Morgan fingerprint density at radius 2 is 2.08 bits per heavy atom. The highest BCUT2D eigenvalue weighted by atomic mass is 32.2. The van der Waals surface area contributed by atoms with Gasteiger partial charge in [-0.05, 0) is 12.1 Å². The second-order valence-electron chi connectivity index (χ2n) is 5.83. The van der Waals surface area contributed by atoms with Crippen LogP contribution in [0.4, 0.5) is 5.69 Å². The maximum absolute atomic E-state index is 12.0. The molecular formula is C16H17N3O5S2. The molecule has 0 radical (unpaired) electrons. The number of methoxy groups -OCH3 is 2. The molecule has 0 N–H and O–H groups in total. The maximum atomic E-state index is 12.0. The molecule has 0 aromatic heterocycles. The molecule has 1 aromatic rings. The van der Waals surface area contributed by atoms with Crippen molar-refractivity contribution in [3.8, 4) is 17.6 Å². The van der Waals surface area contributed by atoms with Gasteiger partial charge >= 0.3 is 0 Å². The fourth-order valence-electron chi connectivity index (χ4n) is 3.06. The Labute approximate surface area is 155 Å². The molecule has 2 heterocycles. The van der Waals surface area contributed by atoms with E-state index in [0.717, 1.165) is 0 Å². The molecule has 0 aliphatic carbocycles. The van der Waals surface area contributed by atoms with E-state index in [1.807, 2.05) is 0 Å². The number of hydrogen-bond acceptors (Lipinski definition) is 7. The first-order chi connectivity index (χ1) is 12.4. The summed E-state index contributed by atoms with van der Waals surface area (Å²) in [6, 6.07) is 6.65. The SMILES string of the molecule is COc1ccc(N2C(=NC(=O)CC#N)S[C@@H]3CS(=O)(=O)C[C@H]32)cc1OC. The number of carbonyl (C=O) groups is 1. The molecule has 8 nitrogen and oxygen atoms in total. The lowest BCUT2D eigenvalue weighted by Crippen LogP contribution is -2.37. The highest BCUT2D eigenvalue weighted by Crippen LogP contribution is 2.43. The largest absolute Gasteiger partial charge is 0.493 e. The number of fused-ring (bicyclic) bond motifs is 1.